The monoisotopic (exact) mass is 222 g/mol. The Morgan fingerprint density at radius 1 is 1.44 bits per heavy atom. The SMILES string of the molecule is CC(C)(C)OC(=O)c1cc2c([nH]1)CCNC2. The molecule has 1 aliphatic rings. The molecular weight excluding hydrogens is 204 g/mol. The van der Waals surface area contributed by atoms with Gasteiger partial charge in [0.15, 0.2) is 0 Å². The summed E-state index contributed by atoms with van der Waals surface area (Å²) in [5.74, 6) is -0.276. The van der Waals surface area contributed by atoms with Gasteiger partial charge in [0.25, 0.3) is 0 Å². The Kier molecular flexibility index (Phi) is 2.76. The van der Waals surface area contributed by atoms with Gasteiger partial charge in [0.05, 0.1) is 0 Å². The summed E-state index contributed by atoms with van der Waals surface area (Å²) >= 11 is 0. The van der Waals surface area contributed by atoms with Gasteiger partial charge < -0.3 is 15.0 Å². The van der Waals surface area contributed by atoms with Crippen molar-refractivity contribution in [2.75, 3.05) is 6.54 Å². The van der Waals surface area contributed by atoms with Gasteiger partial charge in [0, 0.05) is 25.2 Å². The number of rotatable bonds is 1. The molecule has 4 nitrogen and oxygen atoms in total. The molecule has 0 fully saturated rings. The quantitative estimate of drug-likeness (QED) is 0.710. The normalized spacial score (nSPS) is 15.7. The Hall–Kier alpha value is -1.29. The van der Waals surface area contributed by atoms with Crippen LogP contribution in [0.4, 0.5) is 0 Å². The minimum absolute atomic E-state index is 0.276. The van der Waals surface area contributed by atoms with E-state index >= 15 is 0 Å². The molecule has 1 aromatic rings. The molecule has 2 heterocycles. The molecule has 1 aromatic heterocycles. The summed E-state index contributed by atoms with van der Waals surface area (Å²) in [7, 11) is 0. The average Bonchev–Trinajstić information content (AvgIpc) is 2.58. The Morgan fingerprint density at radius 2 is 2.19 bits per heavy atom. The summed E-state index contributed by atoms with van der Waals surface area (Å²) in [6.07, 6.45) is 0.943. The van der Waals surface area contributed by atoms with E-state index in [-0.39, 0.29) is 5.97 Å². The van der Waals surface area contributed by atoms with Crippen molar-refractivity contribution in [2.45, 2.75) is 39.3 Å². The Bertz CT molecular complexity index is 378. The minimum Gasteiger partial charge on any atom is -0.455 e. The van der Waals surface area contributed by atoms with Gasteiger partial charge in [0.1, 0.15) is 11.3 Å². The minimum atomic E-state index is -0.444. The van der Waals surface area contributed by atoms with Gasteiger partial charge in [-0.1, -0.05) is 0 Å². The topological polar surface area (TPSA) is 54.1 Å². The van der Waals surface area contributed by atoms with Crippen LogP contribution in [-0.2, 0) is 17.7 Å². The number of carbonyl (C=O) groups is 1. The van der Waals surface area contributed by atoms with Crippen LogP contribution in [0.5, 0.6) is 0 Å². The number of aromatic nitrogens is 1. The third-order valence-electron chi connectivity index (χ3n) is 2.48. The summed E-state index contributed by atoms with van der Waals surface area (Å²) in [6, 6.07) is 1.88. The van der Waals surface area contributed by atoms with Crippen molar-refractivity contribution < 1.29 is 9.53 Å². The van der Waals surface area contributed by atoms with Gasteiger partial charge in [-0.2, -0.15) is 0 Å². The van der Waals surface area contributed by atoms with Crippen molar-refractivity contribution in [1.29, 1.82) is 0 Å². The van der Waals surface area contributed by atoms with Crippen LogP contribution in [0, 0.1) is 0 Å². The molecule has 16 heavy (non-hydrogen) atoms. The van der Waals surface area contributed by atoms with Crippen molar-refractivity contribution in [1.82, 2.24) is 10.3 Å². The number of ether oxygens (including phenoxy) is 1. The second-order valence-corrected chi connectivity index (χ2v) is 5.12. The number of H-pyrrole nitrogens is 1. The molecule has 2 N–H and O–H groups in total. The first-order valence-electron chi connectivity index (χ1n) is 5.60. The first kappa shape index (κ1) is 11.2. The Balaban J connectivity index is 2.15. The predicted octanol–water partition coefficient (Wildman–Crippen LogP) is 1.62. The predicted molar refractivity (Wildman–Crippen MR) is 61.4 cm³/mol. The summed E-state index contributed by atoms with van der Waals surface area (Å²) in [6.45, 7) is 7.40. The summed E-state index contributed by atoms with van der Waals surface area (Å²) in [5.41, 5.74) is 2.44. The molecule has 0 aliphatic carbocycles. The smallest absolute Gasteiger partial charge is 0.355 e. The highest BCUT2D eigenvalue weighted by Gasteiger charge is 2.21. The Labute approximate surface area is 95.4 Å². The average molecular weight is 222 g/mol. The van der Waals surface area contributed by atoms with Crippen molar-refractivity contribution >= 4 is 5.97 Å². The van der Waals surface area contributed by atoms with Gasteiger partial charge in [-0.3, -0.25) is 0 Å². The lowest BCUT2D eigenvalue weighted by Crippen LogP contribution is -2.24. The van der Waals surface area contributed by atoms with E-state index in [0.29, 0.717) is 5.69 Å². The van der Waals surface area contributed by atoms with Crippen molar-refractivity contribution in [2.24, 2.45) is 0 Å². The fourth-order valence-electron chi connectivity index (χ4n) is 1.80. The van der Waals surface area contributed by atoms with Crippen LogP contribution < -0.4 is 5.32 Å². The van der Waals surface area contributed by atoms with Gasteiger partial charge in [0.2, 0.25) is 0 Å². The summed E-state index contributed by atoms with van der Waals surface area (Å²) < 4.78 is 5.31. The first-order chi connectivity index (χ1) is 7.46. The maximum atomic E-state index is 11.8. The molecule has 0 radical (unpaired) electrons. The summed E-state index contributed by atoms with van der Waals surface area (Å²) in [5, 5.41) is 3.27. The van der Waals surface area contributed by atoms with E-state index in [1.165, 1.54) is 5.56 Å². The molecule has 88 valence electrons. The first-order valence-corrected chi connectivity index (χ1v) is 5.60. The number of hydrogen-bond donors (Lipinski definition) is 2. The van der Waals surface area contributed by atoms with Crippen LogP contribution in [0.3, 0.4) is 0 Å². The van der Waals surface area contributed by atoms with E-state index < -0.39 is 5.60 Å². The van der Waals surface area contributed by atoms with Crippen LogP contribution in [0.15, 0.2) is 6.07 Å². The van der Waals surface area contributed by atoms with E-state index in [4.69, 9.17) is 4.74 Å². The van der Waals surface area contributed by atoms with Crippen LogP contribution in [-0.4, -0.2) is 23.1 Å². The molecular formula is C12H18N2O2. The molecule has 0 amide bonds. The molecule has 0 saturated heterocycles. The maximum absolute atomic E-state index is 11.8. The van der Waals surface area contributed by atoms with Crippen LogP contribution in [0.25, 0.3) is 0 Å². The lowest BCUT2D eigenvalue weighted by molar-refractivity contribution is 0.00634. The molecule has 2 rings (SSSR count). The molecule has 4 heteroatoms. The standard InChI is InChI=1S/C12H18N2O2/c1-12(2,3)16-11(15)10-6-8-7-13-5-4-9(8)14-10/h6,13-14H,4-5,7H2,1-3H3. The lowest BCUT2D eigenvalue weighted by atomic mass is 10.1. The third kappa shape index (κ3) is 2.44. The largest absolute Gasteiger partial charge is 0.455 e. The third-order valence-corrected chi connectivity index (χ3v) is 2.48. The second-order valence-electron chi connectivity index (χ2n) is 5.12. The second kappa shape index (κ2) is 3.94. The van der Waals surface area contributed by atoms with Gasteiger partial charge in [-0.05, 0) is 32.4 Å². The number of carbonyl (C=O) groups excluding carboxylic acids is 1. The van der Waals surface area contributed by atoms with Crippen LogP contribution in [0.2, 0.25) is 0 Å². The number of aromatic amines is 1. The van der Waals surface area contributed by atoms with Gasteiger partial charge in [-0.15, -0.1) is 0 Å². The summed E-state index contributed by atoms with van der Waals surface area (Å²) in [4.78, 5) is 14.9. The highest BCUT2D eigenvalue weighted by Crippen LogP contribution is 2.17. The number of fused-ring (bicyclic) bond motifs is 1. The molecule has 1 aliphatic heterocycles. The molecule has 0 spiro atoms. The Morgan fingerprint density at radius 3 is 2.81 bits per heavy atom. The molecule has 0 unspecified atom stereocenters. The van der Waals surface area contributed by atoms with Crippen molar-refractivity contribution in [3.63, 3.8) is 0 Å². The zero-order chi connectivity index (χ0) is 11.8. The molecule has 0 aromatic carbocycles. The number of nitrogens with one attached hydrogen (secondary N) is 2. The molecule has 0 bridgehead atoms. The fraction of sp³-hybridized carbons (Fsp3) is 0.583. The van der Waals surface area contributed by atoms with E-state index in [1.807, 2.05) is 26.8 Å². The van der Waals surface area contributed by atoms with Gasteiger partial charge in [-0.25, -0.2) is 4.79 Å². The van der Waals surface area contributed by atoms with E-state index in [9.17, 15) is 4.79 Å². The molecule has 0 atom stereocenters. The highest BCUT2D eigenvalue weighted by atomic mass is 16.6. The highest BCUT2D eigenvalue weighted by molar-refractivity contribution is 5.88. The van der Waals surface area contributed by atoms with Crippen LogP contribution >= 0.6 is 0 Å². The van der Waals surface area contributed by atoms with Crippen LogP contribution in [0.1, 0.15) is 42.5 Å². The number of esters is 1. The van der Waals surface area contributed by atoms with E-state index in [1.54, 1.807) is 0 Å². The fourth-order valence-corrected chi connectivity index (χ4v) is 1.80. The van der Waals surface area contributed by atoms with Crippen molar-refractivity contribution in [3.05, 3.63) is 23.0 Å². The van der Waals surface area contributed by atoms with Gasteiger partial charge >= 0.3 is 5.97 Å². The van der Waals surface area contributed by atoms with E-state index in [2.05, 4.69) is 10.3 Å². The zero-order valence-corrected chi connectivity index (χ0v) is 10.0. The lowest BCUT2D eigenvalue weighted by Gasteiger charge is -2.18. The molecule has 0 saturated carbocycles. The number of hydrogen-bond acceptors (Lipinski definition) is 3. The van der Waals surface area contributed by atoms with Crippen molar-refractivity contribution in [3.8, 4) is 0 Å². The zero-order valence-electron chi connectivity index (χ0n) is 10.0. The maximum Gasteiger partial charge on any atom is 0.355 e. The van der Waals surface area contributed by atoms with E-state index in [0.717, 1.165) is 25.2 Å².